The summed E-state index contributed by atoms with van der Waals surface area (Å²) in [4.78, 5) is 17.1. The Kier molecular flexibility index (Phi) is 7.31. The van der Waals surface area contributed by atoms with Gasteiger partial charge in [-0.05, 0) is 50.6 Å². The van der Waals surface area contributed by atoms with Crippen LogP contribution in [-0.4, -0.2) is 39.2 Å². The Bertz CT molecular complexity index is 693. The molecule has 1 atom stereocenters. The molecule has 0 saturated carbocycles. The van der Waals surface area contributed by atoms with Gasteiger partial charge in [0.15, 0.2) is 0 Å². The summed E-state index contributed by atoms with van der Waals surface area (Å²) < 4.78 is 18.6. The maximum Gasteiger partial charge on any atom is 0.317 e. The monoisotopic (exact) mass is 357 g/mol. The van der Waals surface area contributed by atoms with E-state index in [2.05, 4.69) is 10.1 Å². The molecule has 1 N–H and O–H groups in total. The van der Waals surface area contributed by atoms with Crippen molar-refractivity contribution >= 4 is 18.4 Å². The SMILES string of the molecule is CCCN(CC(=O)O)C(C)c1nc(-c2ccc(F)c(C)c2)no1.Cl. The van der Waals surface area contributed by atoms with Gasteiger partial charge in [-0.2, -0.15) is 4.98 Å². The summed E-state index contributed by atoms with van der Waals surface area (Å²) in [6, 6.07) is 4.28. The first kappa shape index (κ1) is 20.1. The molecule has 0 bridgehead atoms. The molecule has 0 amide bonds. The minimum absolute atomic E-state index is 0. The van der Waals surface area contributed by atoms with E-state index in [1.807, 2.05) is 13.8 Å². The van der Waals surface area contributed by atoms with Crippen LogP contribution in [0.2, 0.25) is 0 Å². The Hall–Kier alpha value is -1.99. The van der Waals surface area contributed by atoms with Crippen LogP contribution in [0.1, 0.15) is 37.8 Å². The second-order valence-electron chi connectivity index (χ2n) is 5.46. The van der Waals surface area contributed by atoms with Gasteiger partial charge in [0, 0.05) is 5.56 Å². The molecule has 8 heteroatoms. The zero-order valence-electron chi connectivity index (χ0n) is 13.8. The van der Waals surface area contributed by atoms with Gasteiger partial charge in [0.05, 0.1) is 12.6 Å². The molecular formula is C16H21ClFN3O3. The molecule has 0 aliphatic heterocycles. The molecule has 0 spiro atoms. The van der Waals surface area contributed by atoms with Crippen LogP contribution >= 0.6 is 12.4 Å². The minimum Gasteiger partial charge on any atom is -0.480 e. The van der Waals surface area contributed by atoms with Gasteiger partial charge in [0.2, 0.25) is 11.7 Å². The largest absolute Gasteiger partial charge is 0.480 e. The number of rotatable bonds is 7. The quantitative estimate of drug-likeness (QED) is 0.817. The van der Waals surface area contributed by atoms with Crippen molar-refractivity contribution in [1.29, 1.82) is 0 Å². The van der Waals surface area contributed by atoms with Gasteiger partial charge in [-0.25, -0.2) is 4.39 Å². The summed E-state index contributed by atoms with van der Waals surface area (Å²) >= 11 is 0. The molecule has 1 heterocycles. The maximum absolute atomic E-state index is 13.3. The van der Waals surface area contributed by atoms with Gasteiger partial charge >= 0.3 is 5.97 Å². The van der Waals surface area contributed by atoms with Gasteiger partial charge < -0.3 is 9.63 Å². The normalized spacial score (nSPS) is 12.0. The third kappa shape index (κ3) is 4.75. The fourth-order valence-electron chi connectivity index (χ4n) is 2.33. The molecule has 0 fully saturated rings. The van der Waals surface area contributed by atoms with Crippen LogP contribution in [-0.2, 0) is 4.79 Å². The molecule has 132 valence electrons. The van der Waals surface area contributed by atoms with Crippen LogP contribution in [0.25, 0.3) is 11.4 Å². The van der Waals surface area contributed by atoms with E-state index in [0.29, 0.717) is 29.4 Å². The fourth-order valence-corrected chi connectivity index (χ4v) is 2.33. The number of carboxylic acids is 1. The topological polar surface area (TPSA) is 79.5 Å². The summed E-state index contributed by atoms with van der Waals surface area (Å²) in [5.74, 6) is -0.487. The van der Waals surface area contributed by atoms with E-state index in [9.17, 15) is 9.18 Å². The van der Waals surface area contributed by atoms with Gasteiger partial charge in [0.1, 0.15) is 5.82 Å². The van der Waals surface area contributed by atoms with E-state index >= 15 is 0 Å². The van der Waals surface area contributed by atoms with Gasteiger partial charge in [-0.15, -0.1) is 12.4 Å². The first-order valence-corrected chi connectivity index (χ1v) is 7.48. The Morgan fingerprint density at radius 1 is 1.46 bits per heavy atom. The Morgan fingerprint density at radius 3 is 2.75 bits per heavy atom. The van der Waals surface area contributed by atoms with Crippen LogP contribution in [0.4, 0.5) is 4.39 Å². The Morgan fingerprint density at radius 2 is 2.17 bits per heavy atom. The molecule has 0 aliphatic rings. The molecule has 1 unspecified atom stereocenters. The third-order valence-electron chi connectivity index (χ3n) is 3.61. The van der Waals surface area contributed by atoms with E-state index in [1.54, 1.807) is 24.0 Å². The van der Waals surface area contributed by atoms with Crippen LogP contribution in [0.15, 0.2) is 22.7 Å². The standard InChI is InChI=1S/C16H20FN3O3.ClH/c1-4-7-20(9-14(21)22)11(3)16-18-15(19-23-16)12-5-6-13(17)10(2)8-12;/h5-6,8,11H,4,7,9H2,1-3H3,(H,21,22);1H. The summed E-state index contributed by atoms with van der Waals surface area (Å²) in [6.07, 6.45) is 0.815. The second-order valence-corrected chi connectivity index (χ2v) is 5.46. The molecule has 6 nitrogen and oxygen atoms in total. The molecule has 2 aromatic rings. The number of aryl methyl sites for hydroxylation is 1. The predicted octanol–water partition coefficient (Wildman–Crippen LogP) is 3.46. The average molecular weight is 358 g/mol. The van der Waals surface area contributed by atoms with E-state index in [1.165, 1.54) is 6.07 Å². The van der Waals surface area contributed by atoms with Gasteiger partial charge in [-0.1, -0.05) is 12.1 Å². The molecule has 1 aromatic carbocycles. The van der Waals surface area contributed by atoms with Crippen molar-refractivity contribution in [3.05, 3.63) is 35.5 Å². The van der Waals surface area contributed by atoms with E-state index in [0.717, 1.165) is 6.42 Å². The lowest BCUT2D eigenvalue weighted by Gasteiger charge is -2.23. The van der Waals surface area contributed by atoms with Crippen LogP contribution in [0, 0.1) is 12.7 Å². The van der Waals surface area contributed by atoms with E-state index in [-0.39, 0.29) is 30.8 Å². The first-order valence-electron chi connectivity index (χ1n) is 7.48. The van der Waals surface area contributed by atoms with Crippen molar-refractivity contribution in [3.8, 4) is 11.4 Å². The molecule has 0 radical (unpaired) electrons. The molecule has 24 heavy (non-hydrogen) atoms. The lowest BCUT2D eigenvalue weighted by Crippen LogP contribution is -2.33. The van der Waals surface area contributed by atoms with E-state index < -0.39 is 5.97 Å². The van der Waals surface area contributed by atoms with Crippen LogP contribution < -0.4 is 0 Å². The highest BCUT2D eigenvalue weighted by Gasteiger charge is 2.23. The number of hydrogen-bond acceptors (Lipinski definition) is 5. The highest BCUT2D eigenvalue weighted by atomic mass is 35.5. The lowest BCUT2D eigenvalue weighted by molar-refractivity contribution is -0.139. The second kappa shape index (κ2) is 8.75. The molecule has 1 aromatic heterocycles. The molecule has 0 saturated heterocycles. The van der Waals surface area contributed by atoms with Gasteiger partial charge in [-0.3, -0.25) is 9.69 Å². The number of carboxylic acid groups (broad SMARTS) is 1. The van der Waals surface area contributed by atoms with Crippen molar-refractivity contribution in [3.63, 3.8) is 0 Å². The zero-order chi connectivity index (χ0) is 17.0. The van der Waals surface area contributed by atoms with Crippen LogP contribution in [0.3, 0.4) is 0 Å². The number of benzene rings is 1. The highest BCUT2D eigenvalue weighted by Crippen LogP contribution is 2.23. The minimum atomic E-state index is -0.904. The summed E-state index contributed by atoms with van der Waals surface area (Å²) in [6.45, 7) is 5.98. The van der Waals surface area contributed by atoms with Crippen molar-refractivity contribution < 1.29 is 18.8 Å². The maximum atomic E-state index is 13.3. The molecule has 2 rings (SSSR count). The van der Waals surface area contributed by atoms with E-state index in [4.69, 9.17) is 9.63 Å². The number of aliphatic carboxylic acids is 1. The van der Waals surface area contributed by atoms with Crippen molar-refractivity contribution in [2.45, 2.75) is 33.2 Å². The van der Waals surface area contributed by atoms with Crippen LogP contribution in [0.5, 0.6) is 0 Å². The highest BCUT2D eigenvalue weighted by molar-refractivity contribution is 5.85. The number of halogens is 2. The summed E-state index contributed by atoms with van der Waals surface area (Å²) in [5.41, 5.74) is 1.16. The number of hydrogen-bond donors (Lipinski definition) is 1. The Labute approximate surface area is 146 Å². The molecular weight excluding hydrogens is 337 g/mol. The van der Waals surface area contributed by atoms with Crippen molar-refractivity contribution in [2.24, 2.45) is 0 Å². The smallest absolute Gasteiger partial charge is 0.317 e. The lowest BCUT2D eigenvalue weighted by atomic mass is 10.1. The number of carbonyl (C=O) groups is 1. The van der Waals surface area contributed by atoms with Gasteiger partial charge in [0.25, 0.3) is 0 Å². The molecule has 0 aliphatic carbocycles. The van der Waals surface area contributed by atoms with Crippen molar-refractivity contribution in [1.82, 2.24) is 15.0 Å². The first-order chi connectivity index (χ1) is 10.9. The zero-order valence-corrected chi connectivity index (χ0v) is 14.6. The summed E-state index contributed by atoms with van der Waals surface area (Å²) in [5, 5.41) is 12.9. The third-order valence-corrected chi connectivity index (χ3v) is 3.61. The predicted molar refractivity (Wildman–Crippen MR) is 89.6 cm³/mol. The van der Waals surface area contributed by atoms with Crippen molar-refractivity contribution in [2.75, 3.05) is 13.1 Å². The fraction of sp³-hybridized carbons (Fsp3) is 0.438. The number of nitrogens with zero attached hydrogens (tertiary/aromatic N) is 3. The number of aromatic nitrogens is 2. The Balaban J connectivity index is 0.00000288. The summed E-state index contributed by atoms with van der Waals surface area (Å²) in [7, 11) is 0. The average Bonchev–Trinajstić information content (AvgIpc) is 2.98.